The molecule has 0 radical (unpaired) electrons. The Labute approximate surface area is 150 Å². The Balaban J connectivity index is 2.00. The molecule has 0 N–H and O–H groups in total. The van der Waals surface area contributed by atoms with E-state index in [9.17, 15) is 14.4 Å². The first-order chi connectivity index (χ1) is 11.9. The molecular formula is C19H17ClO5. The zero-order chi connectivity index (χ0) is 18.4. The maximum atomic E-state index is 12.0. The van der Waals surface area contributed by atoms with E-state index in [0.717, 1.165) is 0 Å². The van der Waals surface area contributed by atoms with E-state index in [1.165, 1.54) is 14.0 Å². The molecule has 6 heteroatoms. The molecule has 130 valence electrons. The number of ketones is 2. The number of Topliss-reactive ketones (excluding diaryl/α,β-unsaturated/α-hetero) is 2. The van der Waals surface area contributed by atoms with Gasteiger partial charge in [0, 0.05) is 21.7 Å². The molecule has 0 spiro atoms. The third kappa shape index (κ3) is 5.16. The fraction of sp³-hybridized carbons (Fsp3) is 0.211. The Kier molecular flexibility index (Phi) is 6.31. The van der Waals surface area contributed by atoms with Crippen LogP contribution in [0.15, 0.2) is 42.5 Å². The normalized spacial score (nSPS) is 10.2. The van der Waals surface area contributed by atoms with Gasteiger partial charge in [0.05, 0.1) is 13.5 Å². The minimum atomic E-state index is -0.582. The van der Waals surface area contributed by atoms with Crippen molar-refractivity contribution in [1.82, 2.24) is 0 Å². The van der Waals surface area contributed by atoms with Crippen LogP contribution in [-0.4, -0.2) is 31.3 Å². The van der Waals surface area contributed by atoms with Gasteiger partial charge in [-0.2, -0.15) is 0 Å². The molecule has 0 fully saturated rings. The summed E-state index contributed by atoms with van der Waals surface area (Å²) in [6.07, 6.45) is -0.0990. The van der Waals surface area contributed by atoms with Gasteiger partial charge in [0.1, 0.15) is 5.75 Å². The van der Waals surface area contributed by atoms with Gasteiger partial charge in [0.2, 0.25) is 0 Å². The number of benzene rings is 2. The van der Waals surface area contributed by atoms with Gasteiger partial charge >= 0.3 is 5.97 Å². The second-order valence-electron chi connectivity index (χ2n) is 5.35. The molecule has 0 saturated heterocycles. The van der Waals surface area contributed by atoms with E-state index < -0.39 is 5.97 Å². The van der Waals surface area contributed by atoms with Crippen LogP contribution in [0.5, 0.6) is 5.75 Å². The average molecular weight is 361 g/mol. The van der Waals surface area contributed by atoms with Crippen molar-refractivity contribution < 1.29 is 23.9 Å². The van der Waals surface area contributed by atoms with E-state index in [1.807, 2.05) is 0 Å². The number of halogens is 1. The monoisotopic (exact) mass is 360 g/mol. The topological polar surface area (TPSA) is 69.7 Å². The lowest BCUT2D eigenvalue weighted by Crippen LogP contribution is -2.16. The fourth-order valence-corrected chi connectivity index (χ4v) is 2.33. The first kappa shape index (κ1) is 18.7. The highest BCUT2D eigenvalue weighted by atomic mass is 35.5. The standard InChI is InChI=1S/C19H17ClO5/c1-12(21)14-5-8-18(24-2)15(9-14)10-19(23)25-11-17(22)13-3-6-16(20)7-4-13/h3-9H,10-11H2,1-2H3. The molecule has 0 unspecified atom stereocenters. The molecule has 0 aliphatic rings. The number of hydrogen-bond acceptors (Lipinski definition) is 5. The molecular weight excluding hydrogens is 344 g/mol. The van der Waals surface area contributed by atoms with Crippen molar-refractivity contribution >= 4 is 29.1 Å². The fourth-order valence-electron chi connectivity index (χ4n) is 2.21. The highest BCUT2D eigenvalue weighted by molar-refractivity contribution is 6.30. The SMILES string of the molecule is COc1ccc(C(C)=O)cc1CC(=O)OCC(=O)c1ccc(Cl)cc1. The van der Waals surface area contributed by atoms with Crippen molar-refractivity contribution in [2.24, 2.45) is 0 Å². The van der Waals surface area contributed by atoms with Gasteiger partial charge < -0.3 is 9.47 Å². The lowest BCUT2D eigenvalue weighted by atomic mass is 10.0. The summed E-state index contributed by atoms with van der Waals surface area (Å²) in [5, 5.41) is 0.519. The summed E-state index contributed by atoms with van der Waals surface area (Å²) >= 11 is 5.77. The highest BCUT2D eigenvalue weighted by Gasteiger charge is 2.14. The summed E-state index contributed by atoms with van der Waals surface area (Å²) in [4.78, 5) is 35.5. The summed E-state index contributed by atoms with van der Waals surface area (Å²) in [5.74, 6) is -0.544. The smallest absolute Gasteiger partial charge is 0.310 e. The zero-order valence-corrected chi connectivity index (χ0v) is 14.6. The highest BCUT2D eigenvalue weighted by Crippen LogP contribution is 2.21. The van der Waals surface area contributed by atoms with Gasteiger partial charge in [-0.15, -0.1) is 0 Å². The van der Waals surface area contributed by atoms with Crippen LogP contribution < -0.4 is 4.74 Å². The van der Waals surface area contributed by atoms with E-state index >= 15 is 0 Å². The number of hydrogen-bond donors (Lipinski definition) is 0. The molecule has 0 aliphatic heterocycles. The summed E-state index contributed by atoms with van der Waals surface area (Å²) < 4.78 is 10.2. The number of ether oxygens (including phenoxy) is 2. The van der Waals surface area contributed by atoms with Crippen LogP contribution in [0.2, 0.25) is 5.02 Å². The van der Waals surface area contributed by atoms with Crippen LogP contribution >= 0.6 is 11.6 Å². The van der Waals surface area contributed by atoms with Crippen molar-refractivity contribution in [3.05, 3.63) is 64.2 Å². The lowest BCUT2D eigenvalue weighted by molar-refractivity contribution is -0.141. The molecule has 2 rings (SSSR count). The maximum Gasteiger partial charge on any atom is 0.310 e. The average Bonchev–Trinajstić information content (AvgIpc) is 2.60. The Morgan fingerprint density at radius 2 is 1.64 bits per heavy atom. The van der Waals surface area contributed by atoms with Crippen LogP contribution in [0, 0.1) is 0 Å². The summed E-state index contributed by atoms with van der Waals surface area (Å²) in [6.45, 7) is 1.07. The number of esters is 1. The predicted molar refractivity (Wildman–Crippen MR) is 93.4 cm³/mol. The molecule has 0 bridgehead atoms. The molecule has 0 saturated carbocycles. The number of carbonyl (C=O) groups is 3. The third-order valence-corrected chi connectivity index (χ3v) is 3.80. The number of methoxy groups -OCH3 is 1. The Morgan fingerprint density at radius 1 is 1.00 bits per heavy atom. The minimum absolute atomic E-state index is 0.0990. The number of rotatable bonds is 7. The van der Waals surface area contributed by atoms with Crippen molar-refractivity contribution in [1.29, 1.82) is 0 Å². The van der Waals surface area contributed by atoms with E-state index in [1.54, 1.807) is 42.5 Å². The largest absolute Gasteiger partial charge is 0.496 e. The maximum absolute atomic E-state index is 12.0. The zero-order valence-electron chi connectivity index (χ0n) is 13.9. The van der Waals surface area contributed by atoms with Crippen molar-refractivity contribution in [2.45, 2.75) is 13.3 Å². The van der Waals surface area contributed by atoms with Crippen LogP contribution in [0.3, 0.4) is 0 Å². The van der Waals surface area contributed by atoms with Crippen molar-refractivity contribution in [3.63, 3.8) is 0 Å². The van der Waals surface area contributed by atoms with Crippen molar-refractivity contribution in [3.8, 4) is 5.75 Å². The molecule has 2 aromatic rings. The molecule has 5 nitrogen and oxygen atoms in total. The first-order valence-corrected chi connectivity index (χ1v) is 7.90. The Morgan fingerprint density at radius 3 is 2.24 bits per heavy atom. The second-order valence-corrected chi connectivity index (χ2v) is 5.79. The van der Waals surface area contributed by atoms with Crippen LogP contribution in [0.25, 0.3) is 0 Å². The van der Waals surface area contributed by atoms with E-state index in [0.29, 0.717) is 27.5 Å². The minimum Gasteiger partial charge on any atom is -0.496 e. The van der Waals surface area contributed by atoms with Crippen LogP contribution in [0.1, 0.15) is 33.2 Å². The van der Waals surface area contributed by atoms with Gasteiger partial charge in [0.15, 0.2) is 18.2 Å². The van der Waals surface area contributed by atoms with Crippen LogP contribution in [-0.2, 0) is 16.0 Å². The van der Waals surface area contributed by atoms with E-state index in [-0.39, 0.29) is 24.6 Å². The van der Waals surface area contributed by atoms with Crippen molar-refractivity contribution in [2.75, 3.05) is 13.7 Å². The van der Waals surface area contributed by atoms with E-state index in [4.69, 9.17) is 21.1 Å². The van der Waals surface area contributed by atoms with Gasteiger partial charge in [-0.1, -0.05) is 11.6 Å². The molecule has 2 aromatic carbocycles. The van der Waals surface area contributed by atoms with E-state index in [2.05, 4.69) is 0 Å². The molecule has 0 heterocycles. The molecule has 25 heavy (non-hydrogen) atoms. The molecule has 0 aliphatic carbocycles. The number of carbonyl (C=O) groups excluding carboxylic acids is 3. The third-order valence-electron chi connectivity index (χ3n) is 3.55. The lowest BCUT2D eigenvalue weighted by Gasteiger charge is -2.10. The Hall–Kier alpha value is -2.66. The first-order valence-electron chi connectivity index (χ1n) is 7.53. The Bertz CT molecular complexity index is 796. The predicted octanol–water partition coefficient (Wildman–Crippen LogP) is 3.52. The quantitative estimate of drug-likeness (QED) is 0.558. The molecule has 0 atom stereocenters. The van der Waals surface area contributed by atoms with Crippen LogP contribution in [0.4, 0.5) is 0 Å². The van der Waals surface area contributed by atoms with Gasteiger partial charge in [-0.3, -0.25) is 14.4 Å². The summed E-state index contributed by atoms with van der Waals surface area (Å²) in [7, 11) is 1.47. The molecule has 0 amide bonds. The summed E-state index contributed by atoms with van der Waals surface area (Å²) in [5.41, 5.74) is 1.41. The molecule has 0 aromatic heterocycles. The van der Waals surface area contributed by atoms with Gasteiger partial charge in [0.25, 0.3) is 0 Å². The second kappa shape index (κ2) is 8.44. The van der Waals surface area contributed by atoms with Gasteiger partial charge in [-0.25, -0.2) is 0 Å². The van der Waals surface area contributed by atoms with Gasteiger partial charge in [-0.05, 0) is 49.4 Å². The summed E-state index contributed by atoms with van der Waals surface area (Å²) in [6, 6.07) is 11.2.